The first-order valence-corrected chi connectivity index (χ1v) is 6.75. The van der Waals surface area contributed by atoms with E-state index in [4.69, 9.17) is 20.3 Å². The molecule has 1 aliphatic heterocycles. The molecule has 1 rings (SSSR count). The molecule has 7 N–H and O–H groups in total. The quantitative estimate of drug-likeness (QED) is 0.290. The van der Waals surface area contributed by atoms with Crippen LogP contribution in [0.1, 0.15) is 6.92 Å². The van der Waals surface area contributed by atoms with Gasteiger partial charge < -0.3 is 35.6 Å². The lowest BCUT2D eigenvalue weighted by Crippen LogP contribution is -2.70. The topological polar surface area (TPSA) is 180 Å². The van der Waals surface area contributed by atoms with Gasteiger partial charge in [0, 0.05) is 6.92 Å². The van der Waals surface area contributed by atoms with Crippen molar-refractivity contribution in [2.45, 2.75) is 37.1 Å². The lowest BCUT2D eigenvalue weighted by Gasteiger charge is -2.44. The van der Waals surface area contributed by atoms with Crippen molar-refractivity contribution >= 4 is 13.6 Å². The van der Waals surface area contributed by atoms with Crippen LogP contribution in [0.3, 0.4) is 0 Å². The van der Waals surface area contributed by atoms with Crippen molar-refractivity contribution in [1.29, 1.82) is 0 Å². The summed E-state index contributed by atoms with van der Waals surface area (Å²) in [5, 5.41) is 29.1. The third-order valence-electron chi connectivity index (χ3n) is 2.79. The van der Waals surface area contributed by atoms with Crippen molar-refractivity contribution in [2.75, 3.05) is 6.61 Å². The number of carbonyl (C=O) groups excluding carboxylic acids is 1. The molecule has 11 heteroatoms. The van der Waals surface area contributed by atoms with Gasteiger partial charge in [-0.15, -0.1) is 0 Å². The minimum atomic E-state index is -4.83. The van der Waals surface area contributed by atoms with E-state index in [2.05, 4.69) is 4.52 Å². The molecule has 19 heavy (non-hydrogen) atoms. The molecule has 112 valence electrons. The van der Waals surface area contributed by atoms with Crippen LogP contribution >= 0.6 is 7.82 Å². The molecular formula is C8H16NO9P. The van der Waals surface area contributed by atoms with Crippen molar-refractivity contribution < 1.29 is 43.7 Å². The van der Waals surface area contributed by atoms with Crippen molar-refractivity contribution in [3.8, 4) is 0 Å². The van der Waals surface area contributed by atoms with E-state index in [9.17, 15) is 24.7 Å². The van der Waals surface area contributed by atoms with Gasteiger partial charge in [-0.25, -0.2) is 4.57 Å². The van der Waals surface area contributed by atoms with Crippen LogP contribution in [0.25, 0.3) is 0 Å². The van der Waals surface area contributed by atoms with E-state index in [-0.39, 0.29) is 0 Å². The highest BCUT2D eigenvalue weighted by Gasteiger charge is 2.54. The van der Waals surface area contributed by atoms with Crippen molar-refractivity contribution in [3.05, 3.63) is 0 Å². The van der Waals surface area contributed by atoms with E-state index >= 15 is 0 Å². The van der Waals surface area contributed by atoms with Gasteiger partial charge in [-0.2, -0.15) is 0 Å². The summed E-state index contributed by atoms with van der Waals surface area (Å²) < 4.78 is 19.5. The maximum atomic E-state index is 11.3. The fourth-order valence-corrected chi connectivity index (χ4v) is 2.00. The van der Waals surface area contributed by atoms with Crippen molar-refractivity contribution in [2.24, 2.45) is 5.73 Å². The van der Waals surface area contributed by atoms with Gasteiger partial charge in [-0.05, 0) is 0 Å². The Labute approximate surface area is 108 Å². The molecule has 0 radical (unpaired) electrons. The van der Waals surface area contributed by atoms with Gasteiger partial charge in [0.05, 0.1) is 12.6 Å². The maximum Gasteiger partial charge on any atom is 0.469 e. The standard InChI is InChI=1S/C8H16NO9P/c1-3(10)8(13)7(9)6(12)5(11)4(18-8)2-17-19(14,15)16/h4-7,11-13H,2,9H2,1H3,(H2,14,15,16)/t4-,5+,6+,7-,8?/m1/s1. The molecule has 1 aliphatic rings. The van der Waals surface area contributed by atoms with Gasteiger partial charge in [0.2, 0.25) is 5.79 Å². The number of carbonyl (C=O) groups is 1. The normalized spacial score (nSPS) is 40.2. The summed E-state index contributed by atoms with van der Waals surface area (Å²) >= 11 is 0. The third kappa shape index (κ3) is 3.57. The Balaban J connectivity index is 2.88. The summed E-state index contributed by atoms with van der Waals surface area (Å²) in [6.45, 7) is 0.107. The Morgan fingerprint density at radius 2 is 1.95 bits per heavy atom. The summed E-state index contributed by atoms with van der Waals surface area (Å²) in [4.78, 5) is 28.3. The fourth-order valence-electron chi connectivity index (χ4n) is 1.66. The van der Waals surface area contributed by atoms with Crippen LogP contribution in [0.5, 0.6) is 0 Å². The van der Waals surface area contributed by atoms with E-state index in [1.165, 1.54) is 0 Å². The Kier molecular flexibility index (Phi) is 4.84. The number of phosphoric acid groups is 1. The lowest BCUT2D eigenvalue weighted by atomic mass is 9.89. The number of nitrogens with two attached hydrogens (primary N) is 1. The van der Waals surface area contributed by atoms with Gasteiger partial charge in [0.25, 0.3) is 0 Å². The molecule has 0 bridgehead atoms. The molecular weight excluding hydrogens is 285 g/mol. The fraction of sp³-hybridized carbons (Fsp3) is 0.875. The van der Waals surface area contributed by atoms with Crippen molar-refractivity contribution in [1.82, 2.24) is 0 Å². The molecule has 0 aliphatic carbocycles. The number of phosphoric ester groups is 1. The second-order valence-electron chi connectivity index (χ2n) is 4.20. The van der Waals surface area contributed by atoms with Gasteiger partial charge in [-0.3, -0.25) is 9.32 Å². The molecule has 1 saturated heterocycles. The predicted molar refractivity (Wildman–Crippen MR) is 58.5 cm³/mol. The largest absolute Gasteiger partial charge is 0.469 e. The number of Topliss-reactive ketones (excluding diaryl/α,β-unsaturated/α-hetero) is 1. The zero-order valence-electron chi connectivity index (χ0n) is 9.91. The number of hydrogen-bond donors (Lipinski definition) is 6. The first-order valence-electron chi connectivity index (χ1n) is 5.22. The molecule has 1 heterocycles. The molecule has 0 amide bonds. The highest BCUT2D eigenvalue weighted by atomic mass is 31.2. The zero-order valence-corrected chi connectivity index (χ0v) is 10.8. The summed E-state index contributed by atoms with van der Waals surface area (Å²) in [7, 11) is -4.83. The van der Waals surface area contributed by atoms with Gasteiger partial charge >= 0.3 is 7.82 Å². The van der Waals surface area contributed by atoms with E-state index < -0.39 is 50.4 Å². The molecule has 5 atom stereocenters. The minimum Gasteiger partial charge on any atom is -0.388 e. The van der Waals surface area contributed by atoms with Crippen LogP contribution in [-0.4, -0.2) is 67.6 Å². The number of aliphatic hydroxyl groups is 3. The maximum absolute atomic E-state index is 11.3. The Morgan fingerprint density at radius 3 is 2.37 bits per heavy atom. The monoisotopic (exact) mass is 301 g/mol. The second kappa shape index (κ2) is 5.52. The smallest absolute Gasteiger partial charge is 0.388 e. The Bertz CT molecular complexity index is 398. The number of ether oxygens (including phenoxy) is 1. The van der Waals surface area contributed by atoms with E-state index in [1.54, 1.807) is 0 Å². The third-order valence-corrected chi connectivity index (χ3v) is 3.28. The average Bonchev–Trinajstić information content (AvgIpc) is 2.28. The van der Waals surface area contributed by atoms with E-state index in [1.807, 2.05) is 0 Å². The number of hydrogen-bond acceptors (Lipinski definition) is 8. The number of aliphatic hydroxyl groups excluding tert-OH is 2. The molecule has 1 fully saturated rings. The average molecular weight is 301 g/mol. The highest BCUT2D eigenvalue weighted by Crippen LogP contribution is 2.37. The van der Waals surface area contributed by atoms with Crippen LogP contribution in [0.2, 0.25) is 0 Å². The zero-order chi connectivity index (χ0) is 15.0. The van der Waals surface area contributed by atoms with Gasteiger partial charge in [0.1, 0.15) is 18.3 Å². The number of rotatable bonds is 4. The minimum absolute atomic E-state index is 0.842. The molecule has 0 aromatic rings. The first kappa shape index (κ1) is 16.6. The lowest BCUT2D eigenvalue weighted by molar-refractivity contribution is -0.296. The molecule has 0 aromatic carbocycles. The van der Waals surface area contributed by atoms with Crippen LogP contribution in [-0.2, 0) is 18.6 Å². The summed E-state index contributed by atoms with van der Waals surface area (Å²) in [6.07, 6.45) is -4.94. The Morgan fingerprint density at radius 1 is 1.42 bits per heavy atom. The molecule has 10 nitrogen and oxygen atoms in total. The van der Waals surface area contributed by atoms with Crippen LogP contribution in [0.15, 0.2) is 0 Å². The summed E-state index contributed by atoms with van der Waals surface area (Å²) in [5.41, 5.74) is 5.39. The molecule has 1 unspecified atom stereocenters. The second-order valence-corrected chi connectivity index (χ2v) is 5.44. The summed E-state index contributed by atoms with van der Waals surface area (Å²) in [6, 6.07) is -1.61. The van der Waals surface area contributed by atoms with Crippen LogP contribution in [0, 0.1) is 0 Å². The highest BCUT2D eigenvalue weighted by molar-refractivity contribution is 7.46. The molecule has 0 spiro atoms. The van der Waals surface area contributed by atoms with Gasteiger partial charge in [-0.1, -0.05) is 0 Å². The first-order chi connectivity index (χ1) is 8.49. The summed E-state index contributed by atoms with van der Waals surface area (Å²) in [5.74, 6) is -3.49. The number of ketones is 1. The van der Waals surface area contributed by atoms with Crippen LogP contribution < -0.4 is 5.73 Å². The van der Waals surface area contributed by atoms with Gasteiger partial charge in [0.15, 0.2) is 5.78 Å². The van der Waals surface area contributed by atoms with E-state index in [0.29, 0.717) is 0 Å². The molecule has 0 aromatic heterocycles. The SMILES string of the molecule is CC(=O)C1(O)O[C@H](COP(=O)(O)O)[C@H](O)[C@H](O)[C@H]1N. The molecule has 0 saturated carbocycles. The Hall–Kier alpha value is -0.420. The predicted octanol–water partition coefficient (Wildman–Crippen LogP) is -3.18. The van der Waals surface area contributed by atoms with Crippen molar-refractivity contribution in [3.63, 3.8) is 0 Å². The van der Waals surface area contributed by atoms with Crippen LogP contribution in [0.4, 0.5) is 0 Å². The van der Waals surface area contributed by atoms with E-state index in [0.717, 1.165) is 6.92 Å².